The molecule has 0 bridgehead atoms. The molecule has 2 aromatic carbocycles. The molecule has 5 nitrogen and oxygen atoms in total. The molecular formula is C20H23NO4. The van der Waals surface area contributed by atoms with Crippen LogP contribution in [0.1, 0.15) is 41.3 Å². The van der Waals surface area contributed by atoms with Gasteiger partial charge in [-0.05, 0) is 35.2 Å². The predicted octanol–water partition coefficient (Wildman–Crippen LogP) is 3.29. The lowest BCUT2D eigenvalue weighted by Crippen LogP contribution is -2.28. The van der Waals surface area contributed by atoms with Crippen molar-refractivity contribution in [2.24, 2.45) is 0 Å². The van der Waals surface area contributed by atoms with Crippen LogP contribution in [0.2, 0.25) is 0 Å². The Kier molecular flexibility index (Phi) is 6.57. The molecule has 0 heterocycles. The first kappa shape index (κ1) is 18.5. The van der Waals surface area contributed by atoms with Crippen molar-refractivity contribution in [1.82, 2.24) is 5.32 Å². The van der Waals surface area contributed by atoms with Gasteiger partial charge in [-0.25, -0.2) is 4.79 Å². The molecular weight excluding hydrogens is 318 g/mol. The summed E-state index contributed by atoms with van der Waals surface area (Å²) in [5.74, 6) is 0.478. The number of nitrogens with one attached hydrogen (secondary N) is 1. The molecule has 0 fully saturated rings. The SMILES string of the molecule is COC(=O)c1ccc(CNC(=O)COc2ccccc2C(C)C)cc1. The summed E-state index contributed by atoms with van der Waals surface area (Å²) in [6, 6.07) is 14.6. The minimum Gasteiger partial charge on any atom is -0.483 e. The molecule has 2 aromatic rings. The Balaban J connectivity index is 1.84. The zero-order valence-corrected chi connectivity index (χ0v) is 14.7. The van der Waals surface area contributed by atoms with Gasteiger partial charge in [-0.3, -0.25) is 4.79 Å². The Morgan fingerprint density at radius 1 is 1.04 bits per heavy atom. The number of methoxy groups -OCH3 is 1. The van der Waals surface area contributed by atoms with E-state index in [4.69, 9.17) is 4.74 Å². The Morgan fingerprint density at radius 3 is 2.36 bits per heavy atom. The molecule has 0 unspecified atom stereocenters. The molecule has 0 spiro atoms. The summed E-state index contributed by atoms with van der Waals surface area (Å²) in [7, 11) is 1.34. The van der Waals surface area contributed by atoms with Crippen LogP contribution >= 0.6 is 0 Å². The molecule has 0 radical (unpaired) electrons. The second-order valence-corrected chi connectivity index (χ2v) is 5.95. The van der Waals surface area contributed by atoms with Gasteiger partial charge in [0.2, 0.25) is 0 Å². The summed E-state index contributed by atoms with van der Waals surface area (Å²) in [6.45, 7) is 4.50. The molecule has 0 saturated heterocycles. The quantitative estimate of drug-likeness (QED) is 0.785. The van der Waals surface area contributed by atoms with Gasteiger partial charge < -0.3 is 14.8 Å². The highest BCUT2D eigenvalue weighted by Gasteiger charge is 2.09. The monoisotopic (exact) mass is 341 g/mol. The zero-order chi connectivity index (χ0) is 18.2. The first-order valence-electron chi connectivity index (χ1n) is 8.17. The van der Waals surface area contributed by atoms with E-state index < -0.39 is 0 Å². The van der Waals surface area contributed by atoms with Crippen LogP contribution in [0.15, 0.2) is 48.5 Å². The number of amides is 1. The average molecular weight is 341 g/mol. The van der Waals surface area contributed by atoms with Crippen molar-refractivity contribution in [1.29, 1.82) is 0 Å². The van der Waals surface area contributed by atoms with Crippen molar-refractivity contribution >= 4 is 11.9 Å². The van der Waals surface area contributed by atoms with Crippen molar-refractivity contribution < 1.29 is 19.1 Å². The van der Waals surface area contributed by atoms with Crippen LogP contribution in [0.4, 0.5) is 0 Å². The molecule has 0 aliphatic heterocycles. The third-order valence-corrected chi connectivity index (χ3v) is 3.76. The van der Waals surface area contributed by atoms with Gasteiger partial charge in [0.25, 0.3) is 5.91 Å². The van der Waals surface area contributed by atoms with Gasteiger partial charge in [0.05, 0.1) is 12.7 Å². The van der Waals surface area contributed by atoms with E-state index in [1.807, 2.05) is 24.3 Å². The van der Waals surface area contributed by atoms with Crippen molar-refractivity contribution in [3.8, 4) is 5.75 Å². The number of ether oxygens (including phenoxy) is 2. The number of esters is 1. The van der Waals surface area contributed by atoms with Gasteiger partial charge >= 0.3 is 5.97 Å². The van der Waals surface area contributed by atoms with Crippen LogP contribution in [0, 0.1) is 0 Å². The van der Waals surface area contributed by atoms with Gasteiger partial charge in [0, 0.05) is 6.54 Å². The fourth-order valence-electron chi connectivity index (χ4n) is 2.36. The Labute approximate surface area is 148 Å². The lowest BCUT2D eigenvalue weighted by Gasteiger charge is -2.13. The third kappa shape index (κ3) is 5.35. The molecule has 0 saturated carbocycles. The molecule has 0 aliphatic rings. The first-order chi connectivity index (χ1) is 12.0. The highest BCUT2D eigenvalue weighted by Crippen LogP contribution is 2.25. The lowest BCUT2D eigenvalue weighted by atomic mass is 10.0. The normalized spacial score (nSPS) is 10.4. The number of para-hydroxylation sites is 1. The molecule has 2 rings (SSSR count). The van der Waals surface area contributed by atoms with E-state index in [1.54, 1.807) is 24.3 Å². The number of hydrogen-bond donors (Lipinski definition) is 1. The van der Waals surface area contributed by atoms with E-state index in [-0.39, 0.29) is 18.5 Å². The van der Waals surface area contributed by atoms with Crippen LogP contribution in [0.3, 0.4) is 0 Å². The fourth-order valence-corrected chi connectivity index (χ4v) is 2.36. The van der Waals surface area contributed by atoms with Gasteiger partial charge in [0.15, 0.2) is 6.61 Å². The number of rotatable bonds is 7. The summed E-state index contributed by atoms with van der Waals surface area (Å²) >= 11 is 0. The summed E-state index contributed by atoms with van der Waals surface area (Å²) < 4.78 is 10.3. The van der Waals surface area contributed by atoms with Crippen molar-refractivity contribution in [2.75, 3.05) is 13.7 Å². The minimum atomic E-state index is -0.382. The maximum atomic E-state index is 12.0. The second kappa shape index (κ2) is 8.87. The van der Waals surface area contributed by atoms with Gasteiger partial charge in [-0.1, -0.05) is 44.2 Å². The number of hydrogen-bond acceptors (Lipinski definition) is 4. The molecule has 0 aliphatic carbocycles. The van der Waals surface area contributed by atoms with E-state index in [0.717, 1.165) is 16.9 Å². The maximum Gasteiger partial charge on any atom is 0.337 e. The third-order valence-electron chi connectivity index (χ3n) is 3.76. The summed E-state index contributed by atoms with van der Waals surface area (Å²) in [4.78, 5) is 23.4. The summed E-state index contributed by atoms with van der Waals surface area (Å²) in [5.41, 5.74) is 2.45. The highest BCUT2D eigenvalue weighted by atomic mass is 16.5. The van der Waals surface area contributed by atoms with E-state index in [1.165, 1.54) is 7.11 Å². The van der Waals surface area contributed by atoms with Crippen LogP contribution in [0.25, 0.3) is 0 Å². The van der Waals surface area contributed by atoms with Gasteiger partial charge in [0.1, 0.15) is 5.75 Å². The molecule has 0 aromatic heterocycles. The van der Waals surface area contributed by atoms with Crippen molar-refractivity contribution in [2.45, 2.75) is 26.3 Å². The second-order valence-electron chi connectivity index (χ2n) is 5.95. The lowest BCUT2D eigenvalue weighted by molar-refractivity contribution is -0.123. The van der Waals surface area contributed by atoms with Crippen LogP contribution < -0.4 is 10.1 Å². The smallest absolute Gasteiger partial charge is 0.337 e. The predicted molar refractivity (Wildman–Crippen MR) is 95.7 cm³/mol. The van der Waals surface area contributed by atoms with Crippen LogP contribution in [-0.4, -0.2) is 25.6 Å². The molecule has 25 heavy (non-hydrogen) atoms. The van der Waals surface area contributed by atoms with Crippen molar-refractivity contribution in [3.05, 3.63) is 65.2 Å². The summed E-state index contributed by atoms with van der Waals surface area (Å²) in [6.07, 6.45) is 0. The Bertz CT molecular complexity index is 723. The molecule has 1 N–H and O–H groups in total. The van der Waals surface area contributed by atoms with Gasteiger partial charge in [-0.15, -0.1) is 0 Å². The number of benzene rings is 2. The van der Waals surface area contributed by atoms with Crippen LogP contribution in [-0.2, 0) is 16.1 Å². The highest BCUT2D eigenvalue weighted by molar-refractivity contribution is 5.89. The first-order valence-corrected chi connectivity index (χ1v) is 8.17. The van der Waals surface area contributed by atoms with Crippen molar-refractivity contribution in [3.63, 3.8) is 0 Å². The fraction of sp³-hybridized carbons (Fsp3) is 0.300. The average Bonchev–Trinajstić information content (AvgIpc) is 2.64. The van der Waals surface area contributed by atoms with E-state index in [9.17, 15) is 9.59 Å². The van der Waals surface area contributed by atoms with Crippen LogP contribution in [0.5, 0.6) is 5.75 Å². The summed E-state index contributed by atoms with van der Waals surface area (Å²) in [5, 5.41) is 2.80. The van der Waals surface area contributed by atoms with E-state index in [2.05, 4.69) is 23.9 Å². The zero-order valence-electron chi connectivity index (χ0n) is 14.7. The topological polar surface area (TPSA) is 64.6 Å². The van der Waals surface area contributed by atoms with Gasteiger partial charge in [-0.2, -0.15) is 0 Å². The van der Waals surface area contributed by atoms with E-state index in [0.29, 0.717) is 18.0 Å². The number of carbonyl (C=O) groups is 2. The molecule has 1 amide bonds. The Morgan fingerprint density at radius 2 is 1.72 bits per heavy atom. The minimum absolute atomic E-state index is 0.0377. The van der Waals surface area contributed by atoms with E-state index >= 15 is 0 Å². The molecule has 0 atom stereocenters. The standard InChI is InChI=1S/C20H23NO4/c1-14(2)17-6-4-5-7-18(17)25-13-19(22)21-12-15-8-10-16(11-9-15)20(23)24-3/h4-11,14H,12-13H2,1-3H3,(H,21,22). The number of carbonyl (C=O) groups excluding carboxylic acids is 2. The molecule has 5 heteroatoms. The largest absolute Gasteiger partial charge is 0.483 e. The molecule has 132 valence electrons. The Hall–Kier alpha value is -2.82. The maximum absolute atomic E-state index is 12.0.